The van der Waals surface area contributed by atoms with Crippen molar-refractivity contribution in [3.8, 4) is 5.75 Å². The van der Waals surface area contributed by atoms with Gasteiger partial charge in [-0.1, -0.05) is 50.3 Å². The zero-order valence-corrected chi connectivity index (χ0v) is 14.0. The predicted octanol–water partition coefficient (Wildman–Crippen LogP) is 4.70. The lowest BCUT2D eigenvalue weighted by molar-refractivity contribution is 0.0898. The SMILES string of the molecule is O=C(NC1CCCCCCC1)c1ccc(COc2ccccc2)o1. The van der Waals surface area contributed by atoms with E-state index >= 15 is 0 Å². The average Bonchev–Trinajstić information content (AvgIpc) is 3.05. The van der Waals surface area contributed by atoms with Gasteiger partial charge < -0.3 is 14.5 Å². The quantitative estimate of drug-likeness (QED) is 0.866. The van der Waals surface area contributed by atoms with Gasteiger partial charge in [0.1, 0.15) is 18.1 Å². The van der Waals surface area contributed by atoms with Gasteiger partial charge in [0, 0.05) is 6.04 Å². The lowest BCUT2D eigenvalue weighted by Gasteiger charge is -2.20. The molecule has 0 bridgehead atoms. The van der Waals surface area contributed by atoms with Gasteiger partial charge in [-0.2, -0.15) is 0 Å². The Morgan fingerprint density at radius 1 is 1.00 bits per heavy atom. The fourth-order valence-corrected chi connectivity index (χ4v) is 3.11. The molecule has 0 spiro atoms. The number of hydrogen-bond donors (Lipinski definition) is 1. The van der Waals surface area contributed by atoms with Crippen LogP contribution >= 0.6 is 0 Å². The molecule has 0 aliphatic heterocycles. The first-order chi connectivity index (χ1) is 11.8. The first-order valence-corrected chi connectivity index (χ1v) is 8.89. The molecule has 4 nitrogen and oxygen atoms in total. The van der Waals surface area contributed by atoms with Crippen LogP contribution in [0.15, 0.2) is 46.9 Å². The van der Waals surface area contributed by atoms with Crippen LogP contribution in [0.4, 0.5) is 0 Å². The van der Waals surface area contributed by atoms with Crippen LogP contribution in [0.1, 0.15) is 61.3 Å². The number of hydrogen-bond acceptors (Lipinski definition) is 3. The van der Waals surface area contributed by atoms with Crippen molar-refractivity contribution < 1.29 is 13.9 Å². The third-order valence-corrected chi connectivity index (χ3v) is 4.45. The first kappa shape index (κ1) is 16.6. The van der Waals surface area contributed by atoms with Crippen molar-refractivity contribution in [2.24, 2.45) is 0 Å². The van der Waals surface area contributed by atoms with Gasteiger partial charge in [-0.05, 0) is 37.1 Å². The highest BCUT2D eigenvalue weighted by molar-refractivity contribution is 5.91. The topological polar surface area (TPSA) is 51.5 Å². The normalized spacial score (nSPS) is 16.2. The second kappa shape index (κ2) is 8.57. The standard InChI is InChI=1S/C20H25NO3/c22-20(21-16-9-5-2-1-3-6-10-16)19-14-13-18(24-19)15-23-17-11-7-4-8-12-17/h4,7-8,11-14,16H,1-3,5-6,9-10,15H2,(H,21,22). The van der Waals surface area contributed by atoms with Gasteiger partial charge in [-0.25, -0.2) is 0 Å². The predicted molar refractivity (Wildman–Crippen MR) is 93.1 cm³/mol. The third-order valence-electron chi connectivity index (χ3n) is 4.45. The van der Waals surface area contributed by atoms with Crippen LogP contribution in [-0.2, 0) is 6.61 Å². The third kappa shape index (κ3) is 4.88. The number of para-hydroxylation sites is 1. The van der Waals surface area contributed by atoms with Crippen LogP contribution in [-0.4, -0.2) is 11.9 Å². The number of amides is 1. The van der Waals surface area contributed by atoms with Crippen LogP contribution < -0.4 is 10.1 Å². The van der Waals surface area contributed by atoms with Gasteiger partial charge >= 0.3 is 0 Å². The molecule has 0 radical (unpaired) electrons. The van der Waals surface area contributed by atoms with Crippen molar-refractivity contribution in [2.75, 3.05) is 0 Å². The van der Waals surface area contributed by atoms with Crippen LogP contribution in [0.2, 0.25) is 0 Å². The summed E-state index contributed by atoms with van der Waals surface area (Å²) < 4.78 is 11.3. The molecular formula is C20H25NO3. The van der Waals surface area contributed by atoms with Crippen molar-refractivity contribution >= 4 is 5.91 Å². The van der Waals surface area contributed by atoms with Crippen molar-refractivity contribution in [2.45, 2.75) is 57.6 Å². The summed E-state index contributed by atoms with van der Waals surface area (Å²) in [6, 6.07) is 13.4. The Morgan fingerprint density at radius 2 is 1.71 bits per heavy atom. The lowest BCUT2D eigenvalue weighted by Crippen LogP contribution is -2.35. The number of carbonyl (C=O) groups excluding carboxylic acids is 1. The van der Waals surface area contributed by atoms with Gasteiger partial charge in [0.15, 0.2) is 5.76 Å². The van der Waals surface area contributed by atoms with Gasteiger partial charge in [0.25, 0.3) is 5.91 Å². The smallest absolute Gasteiger partial charge is 0.287 e. The molecule has 24 heavy (non-hydrogen) atoms. The van der Waals surface area contributed by atoms with E-state index in [1.807, 2.05) is 30.3 Å². The molecule has 1 amide bonds. The Bertz CT molecular complexity index is 627. The summed E-state index contributed by atoms with van der Waals surface area (Å²) in [5.74, 6) is 1.69. The van der Waals surface area contributed by atoms with E-state index in [0.29, 0.717) is 18.1 Å². The Balaban J connectivity index is 1.51. The Morgan fingerprint density at radius 3 is 2.46 bits per heavy atom. The number of ether oxygens (including phenoxy) is 1. The summed E-state index contributed by atoms with van der Waals surface area (Å²) in [6.07, 6.45) is 8.39. The molecule has 0 saturated heterocycles. The summed E-state index contributed by atoms with van der Waals surface area (Å²) in [5, 5.41) is 3.12. The number of nitrogens with one attached hydrogen (secondary N) is 1. The Kier molecular flexibility index (Phi) is 5.94. The molecule has 2 aromatic rings. The number of carbonyl (C=O) groups is 1. The highest BCUT2D eigenvalue weighted by Gasteiger charge is 2.17. The number of benzene rings is 1. The van der Waals surface area contributed by atoms with Crippen LogP contribution in [0, 0.1) is 0 Å². The molecule has 3 rings (SSSR count). The highest BCUT2D eigenvalue weighted by Crippen LogP contribution is 2.18. The average molecular weight is 327 g/mol. The molecule has 1 N–H and O–H groups in total. The van der Waals surface area contributed by atoms with Crippen molar-refractivity contribution in [3.63, 3.8) is 0 Å². The zero-order valence-electron chi connectivity index (χ0n) is 14.0. The summed E-state index contributed by atoms with van der Waals surface area (Å²) in [5.41, 5.74) is 0. The van der Waals surface area contributed by atoms with E-state index in [4.69, 9.17) is 9.15 Å². The molecule has 4 heteroatoms. The summed E-state index contributed by atoms with van der Waals surface area (Å²) in [7, 11) is 0. The summed E-state index contributed by atoms with van der Waals surface area (Å²) >= 11 is 0. The van der Waals surface area contributed by atoms with Crippen molar-refractivity contribution in [1.29, 1.82) is 0 Å². The minimum Gasteiger partial charge on any atom is -0.486 e. The van der Waals surface area contributed by atoms with E-state index in [1.54, 1.807) is 12.1 Å². The van der Waals surface area contributed by atoms with E-state index in [-0.39, 0.29) is 11.9 Å². The maximum absolute atomic E-state index is 12.4. The fourth-order valence-electron chi connectivity index (χ4n) is 3.11. The summed E-state index contributed by atoms with van der Waals surface area (Å²) in [6.45, 7) is 0.320. The number of furan rings is 1. The molecule has 0 unspecified atom stereocenters. The molecule has 1 saturated carbocycles. The second-order valence-electron chi connectivity index (χ2n) is 6.38. The van der Waals surface area contributed by atoms with Gasteiger partial charge in [0.2, 0.25) is 0 Å². The number of rotatable bonds is 5. The van der Waals surface area contributed by atoms with E-state index < -0.39 is 0 Å². The van der Waals surface area contributed by atoms with Gasteiger partial charge in [-0.3, -0.25) is 4.79 Å². The van der Waals surface area contributed by atoms with Crippen molar-refractivity contribution in [1.82, 2.24) is 5.32 Å². The maximum atomic E-state index is 12.4. The molecular weight excluding hydrogens is 302 g/mol. The molecule has 1 aromatic heterocycles. The van der Waals surface area contributed by atoms with E-state index in [2.05, 4.69) is 5.32 Å². The fraction of sp³-hybridized carbons (Fsp3) is 0.450. The van der Waals surface area contributed by atoms with Crippen LogP contribution in [0.25, 0.3) is 0 Å². The molecule has 1 aliphatic rings. The van der Waals surface area contributed by atoms with E-state index in [1.165, 1.54) is 32.1 Å². The van der Waals surface area contributed by atoms with Gasteiger partial charge in [-0.15, -0.1) is 0 Å². The largest absolute Gasteiger partial charge is 0.486 e. The Labute approximate surface area is 143 Å². The van der Waals surface area contributed by atoms with E-state index in [9.17, 15) is 4.79 Å². The monoisotopic (exact) mass is 327 g/mol. The summed E-state index contributed by atoms with van der Waals surface area (Å²) in [4.78, 5) is 12.4. The highest BCUT2D eigenvalue weighted by atomic mass is 16.5. The molecule has 0 atom stereocenters. The first-order valence-electron chi connectivity index (χ1n) is 8.89. The van der Waals surface area contributed by atoms with Gasteiger partial charge in [0.05, 0.1) is 0 Å². The van der Waals surface area contributed by atoms with Crippen LogP contribution in [0.5, 0.6) is 5.75 Å². The Hall–Kier alpha value is -2.23. The molecule has 1 aromatic carbocycles. The van der Waals surface area contributed by atoms with Crippen LogP contribution in [0.3, 0.4) is 0 Å². The zero-order chi connectivity index (χ0) is 16.6. The molecule has 128 valence electrons. The second-order valence-corrected chi connectivity index (χ2v) is 6.38. The molecule has 1 fully saturated rings. The molecule has 1 aliphatic carbocycles. The minimum absolute atomic E-state index is 0.119. The van der Waals surface area contributed by atoms with Crippen molar-refractivity contribution in [3.05, 3.63) is 54.0 Å². The maximum Gasteiger partial charge on any atom is 0.287 e. The molecule has 1 heterocycles. The minimum atomic E-state index is -0.119. The van der Waals surface area contributed by atoms with E-state index in [0.717, 1.165) is 18.6 Å². The lowest BCUT2D eigenvalue weighted by atomic mass is 9.97.